The van der Waals surface area contributed by atoms with Crippen molar-refractivity contribution in [3.63, 3.8) is 0 Å². The van der Waals surface area contributed by atoms with Gasteiger partial charge in [-0.05, 0) is 18.0 Å². The van der Waals surface area contributed by atoms with Gasteiger partial charge in [-0.2, -0.15) is 4.37 Å². The van der Waals surface area contributed by atoms with Crippen LogP contribution in [0.1, 0.15) is 35.6 Å². The molecule has 2 aromatic heterocycles. The maximum absolute atomic E-state index is 11.7. The van der Waals surface area contributed by atoms with E-state index in [4.69, 9.17) is 10.5 Å². The number of nitrogens with two attached hydrogens (primary N) is 1. The largest absolute Gasteiger partial charge is 0.465 e. The molecule has 2 heterocycles. The summed E-state index contributed by atoms with van der Waals surface area (Å²) in [6.07, 6.45) is 4.23. The predicted molar refractivity (Wildman–Crippen MR) is 73.1 cm³/mol. The number of anilines is 2. The van der Waals surface area contributed by atoms with Crippen LogP contribution in [-0.4, -0.2) is 27.4 Å². The van der Waals surface area contributed by atoms with E-state index in [1.807, 2.05) is 6.92 Å². The summed E-state index contributed by atoms with van der Waals surface area (Å²) >= 11 is 1.13. The van der Waals surface area contributed by atoms with E-state index in [9.17, 15) is 4.79 Å². The highest BCUT2D eigenvalue weighted by Crippen LogP contribution is 2.31. The molecule has 0 fully saturated rings. The molecular weight excluding hydrogens is 266 g/mol. The molecule has 1 atom stereocenters. The monoisotopic (exact) mass is 281 g/mol. The number of nitrogens with one attached hydrogen (secondary N) is 2. The average molecular weight is 281 g/mol. The number of hydrogen-bond donors (Lipinski definition) is 3. The van der Waals surface area contributed by atoms with Crippen molar-refractivity contribution in [2.75, 3.05) is 18.2 Å². The Morgan fingerprint density at radius 2 is 2.47 bits per heavy atom. The van der Waals surface area contributed by atoms with Crippen LogP contribution in [0.2, 0.25) is 0 Å². The number of imidazole rings is 1. The van der Waals surface area contributed by atoms with Crippen LogP contribution < -0.4 is 11.1 Å². The summed E-state index contributed by atoms with van der Waals surface area (Å²) in [4.78, 5) is 18.9. The number of nitrogens with zero attached hydrogens (tertiary/aromatic N) is 2. The van der Waals surface area contributed by atoms with Gasteiger partial charge in [0.05, 0.1) is 13.2 Å². The molecule has 0 amide bonds. The number of carbonyl (C=O) groups excluding carboxylic acids is 1. The topological polar surface area (TPSA) is 106 Å². The fraction of sp³-hybridized carbons (Fsp3) is 0.364. The number of hydrogen-bond acceptors (Lipinski definition) is 7. The minimum atomic E-state index is -0.497. The molecule has 0 saturated carbocycles. The number of rotatable bonds is 5. The van der Waals surface area contributed by atoms with Crippen LogP contribution in [0.4, 0.5) is 10.8 Å². The Balaban J connectivity index is 2.25. The third-order valence-corrected chi connectivity index (χ3v) is 3.46. The van der Waals surface area contributed by atoms with E-state index in [2.05, 4.69) is 19.7 Å². The van der Waals surface area contributed by atoms with Gasteiger partial charge in [0, 0.05) is 12.4 Å². The average Bonchev–Trinajstić information content (AvgIpc) is 3.05. The van der Waals surface area contributed by atoms with Crippen molar-refractivity contribution in [2.45, 2.75) is 19.4 Å². The highest BCUT2D eigenvalue weighted by atomic mass is 32.1. The SMILES string of the molecule is CCC(Nc1snc(N)c1C(=O)OC)c1ncc[nH]1. The molecule has 1 unspecified atom stereocenters. The van der Waals surface area contributed by atoms with Gasteiger partial charge in [0.2, 0.25) is 0 Å². The molecule has 0 aliphatic carbocycles. The zero-order valence-corrected chi connectivity index (χ0v) is 11.5. The summed E-state index contributed by atoms with van der Waals surface area (Å²) in [5, 5.41) is 3.81. The summed E-state index contributed by atoms with van der Waals surface area (Å²) in [6, 6.07) is -0.0433. The molecule has 2 aromatic rings. The smallest absolute Gasteiger partial charge is 0.344 e. The molecule has 0 aliphatic rings. The second-order valence-corrected chi connectivity index (χ2v) is 4.62. The Bertz CT molecular complexity index is 551. The van der Waals surface area contributed by atoms with E-state index in [1.165, 1.54) is 7.11 Å². The van der Waals surface area contributed by atoms with Crippen LogP contribution in [0, 0.1) is 0 Å². The first kappa shape index (κ1) is 13.3. The van der Waals surface area contributed by atoms with E-state index in [0.29, 0.717) is 5.00 Å². The minimum Gasteiger partial charge on any atom is -0.465 e. The van der Waals surface area contributed by atoms with Crippen molar-refractivity contribution in [3.05, 3.63) is 23.8 Å². The van der Waals surface area contributed by atoms with Gasteiger partial charge in [0.15, 0.2) is 5.82 Å². The van der Waals surface area contributed by atoms with Crippen LogP contribution in [0.25, 0.3) is 0 Å². The standard InChI is InChI=1S/C11H15N5O2S/c1-3-6(9-13-4-5-14-9)15-10-7(11(17)18-2)8(12)16-19-10/h4-6,15H,3H2,1-2H3,(H2,12,16)(H,13,14). The summed E-state index contributed by atoms with van der Waals surface area (Å²) in [7, 11) is 1.31. The van der Waals surface area contributed by atoms with Gasteiger partial charge in [0.1, 0.15) is 16.4 Å². The lowest BCUT2D eigenvalue weighted by Gasteiger charge is -2.15. The van der Waals surface area contributed by atoms with Crippen molar-refractivity contribution in [2.24, 2.45) is 0 Å². The Morgan fingerprint density at radius 1 is 1.68 bits per heavy atom. The number of esters is 1. The zero-order valence-electron chi connectivity index (χ0n) is 10.6. The van der Waals surface area contributed by atoms with Crippen molar-refractivity contribution < 1.29 is 9.53 Å². The second kappa shape index (κ2) is 5.70. The fourth-order valence-corrected chi connectivity index (χ4v) is 2.45. The van der Waals surface area contributed by atoms with E-state index < -0.39 is 5.97 Å². The molecule has 0 aliphatic heterocycles. The summed E-state index contributed by atoms with van der Waals surface area (Å²) < 4.78 is 8.69. The first-order valence-electron chi connectivity index (χ1n) is 5.76. The van der Waals surface area contributed by atoms with Gasteiger partial charge in [-0.25, -0.2) is 9.78 Å². The van der Waals surface area contributed by atoms with Crippen LogP contribution in [-0.2, 0) is 4.74 Å². The lowest BCUT2D eigenvalue weighted by molar-refractivity contribution is 0.0603. The zero-order chi connectivity index (χ0) is 13.8. The Hall–Kier alpha value is -2.09. The molecule has 102 valence electrons. The molecular formula is C11H15N5O2S. The first-order valence-corrected chi connectivity index (χ1v) is 6.54. The van der Waals surface area contributed by atoms with Gasteiger partial charge < -0.3 is 20.8 Å². The lowest BCUT2D eigenvalue weighted by atomic mass is 10.2. The molecule has 8 heteroatoms. The predicted octanol–water partition coefficient (Wildman–Crippen LogP) is 1.80. The number of methoxy groups -OCH3 is 1. The number of nitrogen functional groups attached to an aromatic ring is 1. The molecule has 2 rings (SSSR count). The van der Waals surface area contributed by atoms with E-state index >= 15 is 0 Å². The highest BCUT2D eigenvalue weighted by molar-refractivity contribution is 7.11. The Labute approximate surface area is 114 Å². The number of aromatic amines is 1. The molecule has 0 saturated heterocycles. The van der Waals surface area contributed by atoms with Gasteiger partial charge >= 0.3 is 5.97 Å². The third-order valence-electron chi connectivity index (χ3n) is 2.67. The summed E-state index contributed by atoms with van der Waals surface area (Å²) in [5.74, 6) is 0.474. The molecule has 19 heavy (non-hydrogen) atoms. The number of H-pyrrole nitrogens is 1. The summed E-state index contributed by atoms with van der Waals surface area (Å²) in [5.41, 5.74) is 5.96. The minimum absolute atomic E-state index is 0.0433. The second-order valence-electron chi connectivity index (χ2n) is 3.84. The Morgan fingerprint density at radius 3 is 3.05 bits per heavy atom. The number of ether oxygens (including phenoxy) is 1. The van der Waals surface area contributed by atoms with Gasteiger partial charge in [-0.3, -0.25) is 0 Å². The van der Waals surface area contributed by atoms with Crippen LogP contribution in [0.5, 0.6) is 0 Å². The molecule has 0 radical (unpaired) electrons. The molecule has 4 N–H and O–H groups in total. The fourth-order valence-electron chi connectivity index (χ4n) is 1.69. The van der Waals surface area contributed by atoms with Crippen LogP contribution in [0.15, 0.2) is 12.4 Å². The van der Waals surface area contributed by atoms with Gasteiger partial charge in [-0.15, -0.1) is 0 Å². The molecule has 0 bridgehead atoms. The maximum atomic E-state index is 11.7. The molecule has 0 aromatic carbocycles. The number of carbonyl (C=O) groups is 1. The third kappa shape index (κ3) is 2.68. The van der Waals surface area contributed by atoms with Crippen molar-refractivity contribution in [1.29, 1.82) is 0 Å². The normalized spacial score (nSPS) is 12.1. The number of aromatic nitrogens is 3. The van der Waals surface area contributed by atoms with Gasteiger partial charge in [0.25, 0.3) is 0 Å². The quantitative estimate of drug-likeness (QED) is 0.721. The lowest BCUT2D eigenvalue weighted by Crippen LogP contribution is -2.14. The van der Waals surface area contributed by atoms with E-state index in [1.54, 1.807) is 12.4 Å². The highest BCUT2D eigenvalue weighted by Gasteiger charge is 2.22. The van der Waals surface area contributed by atoms with E-state index in [0.717, 1.165) is 23.8 Å². The summed E-state index contributed by atoms with van der Waals surface area (Å²) in [6.45, 7) is 2.02. The van der Waals surface area contributed by atoms with Crippen LogP contribution >= 0.6 is 11.5 Å². The maximum Gasteiger partial charge on any atom is 0.344 e. The van der Waals surface area contributed by atoms with E-state index in [-0.39, 0.29) is 17.4 Å². The van der Waals surface area contributed by atoms with Crippen molar-refractivity contribution in [3.8, 4) is 0 Å². The van der Waals surface area contributed by atoms with Crippen molar-refractivity contribution >= 4 is 28.3 Å². The first-order chi connectivity index (χ1) is 9.17. The van der Waals surface area contributed by atoms with Gasteiger partial charge in [-0.1, -0.05) is 6.92 Å². The molecule has 0 spiro atoms. The van der Waals surface area contributed by atoms with Crippen LogP contribution in [0.3, 0.4) is 0 Å². The van der Waals surface area contributed by atoms with Crippen molar-refractivity contribution in [1.82, 2.24) is 14.3 Å². The Kier molecular flexibility index (Phi) is 4.00. The molecule has 7 nitrogen and oxygen atoms in total.